The Labute approximate surface area is 138 Å². The first kappa shape index (κ1) is 18.9. The Morgan fingerprint density at radius 1 is 1.27 bits per heavy atom. The third-order valence-electron chi connectivity index (χ3n) is 3.92. The highest BCUT2D eigenvalue weighted by Gasteiger charge is 2.28. The van der Waals surface area contributed by atoms with E-state index < -0.39 is 9.84 Å². The van der Waals surface area contributed by atoms with Gasteiger partial charge in [0.25, 0.3) is 5.91 Å². The van der Waals surface area contributed by atoms with Crippen molar-refractivity contribution in [1.82, 2.24) is 10.2 Å². The molecule has 1 saturated heterocycles. The summed E-state index contributed by atoms with van der Waals surface area (Å²) in [5.41, 5.74) is 1.31. The highest BCUT2D eigenvalue weighted by Crippen LogP contribution is 2.15. The predicted octanol–water partition coefficient (Wildman–Crippen LogP) is 1.48. The second kappa shape index (κ2) is 7.44. The molecule has 0 radical (unpaired) electrons. The standard InChI is InChI=1S/C15H22N2O3S.ClH/c1-11-12(2)17(9-8-16-11)15(18)14-6-4-13(5-7-14)10-21(3,19)20;/h4-7,11-12,16H,8-10H2,1-3H3;1H. The van der Waals surface area contributed by atoms with E-state index in [2.05, 4.69) is 12.2 Å². The van der Waals surface area contributed by atoms with Crippen molar-refractivity contribution >= 4 is 28.2 Å². The van der Waals surface area contributed by atoms with Crippen LogP contribution in [0.25, 0.3) is 0 Å². The zero-order valence-corrected chi connectivity index (χ0v) is 14.7. The van der Waals surface area contributed by atoms with Crippen molar-refractivity contribution in [2.75, 3.05) is 19.3 Å². The number of rotatable bonds is 3. The number of carbonyl (C=O) groups is 1. The van der Waals surface area contributed by atoms with E-state index >= 15 is 0 Å². The maximum atomic E-state index is 12.5. The third-order valence-corrected chi connectivity index (χ3v) is 4.78. The van der Waals surface area contributed by atoms with Crippen LogP contribution in [-0.2, 0) is 15.6 Å². The van der Waals surface area contributed by atoms with Gasteiger partial charge in [0.2, 0.25) is 0 Å². The summed E-state index contributed by atoms with van der Waals surface area (Å²) in [4.78, 5) is 14.4. The summed E-state index contributed by atoms with van der Waals surface area (Å²) in [6.45, 7) is 5.59. The van der Waals surface area contributed by atoms with Crippen LogP contribution in [0.2, 0.25) is 0 Å². The average molecular weight is 347 g/mol. The lowest BCUT2D eigenvalue weighted by atomic mass is 10.0. The number of amides is 1. The first-order valence-electron chi connectivity index (χ1n) is 7.09. The highest BCUT2D eigenvalue weighted by atomic mass is 35.5. The Bertz CT molecular complexity index is 616. The summed E-state index contributed by atoms with van der Waals surface area (Å²) in [5.74, 6) is 0.00415. The van der Waals surface area contributed by atoms with Crippen LogP contribution < -0.4 is 5.32 Å². The topological polar surface area (TPSA) is 66.5 Å². The third kappa shape index (κ3) is 4.69. The second-order valence-corrected chi connectivity index (χ2v) is 7.89. The largest absolute Gasteiger partial charge is 0.333 e. The number of piperazine rings is 1. The van der Waals surface area contributed by atoms with E-state index in [1.807, 2.05) is 11.8 Å². The molecule has 0 aromatic heterocycles. The lowest BCUT2D eigenvalue weighted by Gasteiger charge is -2.38. The van der Waals surface area contributed by atoms with Crippen LogP contribution in [0.15, 0.2) is 24.3 Å². The van der Waals surface area contributed by atoms with Crippen LogP contribution >= 0.6 is 12.4 Å². The van der Waals surface area contributed by atoms with Crippen LogP contribution in [0, 0.1) is 0 Å². The summed E-state index contributed by atoms with van der Waals surface area (Å²) in [7, 11) is -3.05. The van der Waals surface area contributed by atoms with Gasteiger partial charge in [-0.3, -0.25) is 4.79 Å². The Balaban J connectivity index is 0.00000242. The van der Waals surface area contributed by atoms with Gasteiger partial charge in [0.05, 0.1) is 5.75 Å². The summed E-state index contributed by atoms with van der Waals surface area (Å²) in [6.07, 6.45) is 1.20. The van der Waals surface area contributed by atoms with Crippen molar-refractivity contribution in [3.05, 3.63) is 35.4 Å². The number of nitrogens with one attached hydrogen (secondary N) is 1. The van der Waals surface area contributed by atoms with E-state index in [9.17, 15) is 13.2 Å². The number of benzene rings is 1. The first-order valence-corrected chi connectivity index (χ1v) is 9.15. The lowest BCUT2D eigenvalue weighted by molar-refractivity contribution is 0.0603. The minimum atomic E-state index is -3.05. The number of hydrogen-bond acceptors (Lipinski definition) is 4. The number of hydrogen-bond donors (Lipinski definition) is 1. The molecule has 1 aliphatic heterocycles. The molecule has 1 aromatic carbocycles. The van der Waals surface area contributed by atoms with Gasteiger partial charge in [0.15, 0.2) is 9.84 Å². The minimum Gasteiger partial charge on any atom is -0.333 e. The van der Waals surface area contributed by atoms with E-state index in [0.29, 0.717) is 17.7 Å². The first-order chi connectivity index (χ1) is 9.78. The molecule has 0 saturated carbocycles. The molecule has 2 unspecified atom stereocenters. The summed E-state index contributed by atoms with van der Waals surface area (Å²) < 4.78 is 22.5. The van der Waals surface area contributed by atoms with Gasteiger partial charge in [-0.25, -0.2) is 8.42 Å². The SMILES string of the molecule is CC1NCCN(C(=O)c2ccc(CS(C)(=O)=O)cc2)C1C.Cl. The zero-order valence-electron chi connectivity index (χ0n) is 13.1. The van der Waals surface area contributed by atoms with E-state index in [-0.39, 0.29) is 36.2 Å². The number of halogens is 1. The van der Waals surface area contributed by atoms with Crippen molar-refractivity contribution in [3.8, 4) is 0 Å². The molecule has 124 valence electrons. The second-order valence-electron chi connectivity index (χ2n) is 5.75. The fourth-order valence-corrected chi connectivity index (χ4v) is 3.35. The van der Waals surface area contributed by atoms with Crippen LogP contribution in [-0.4, -0.2) is 50.7 Å². The maximum Gasteiger partial charge on any atom is 0.254 e. The summed E-state index contributed by atoms with van der Waals surface area (Å²) in [5, 5.41) is 3.34. The summed E-state index contributed by atoms with van der Waals surface area (Å²) >= 11 is 0. The highest BCUT2D eigenvalue weighted by molar-refractivity contribution is 7.89. The van der Waals surface area contributed by atoms with Crippen molar-refractivity contribution in [3.63, 3.8) is 0 Å². The van der Waals surface area contributed by atoms with E-state index in [1.165, 1.54) is 6.26 Å². The van der Waals surface area contributed by atoms with Crippen LogP contribution in [0.1, 0.15) is 29.8 Å². The molecule has 1 aliphatic rings. The molecule has 1 amide bonds. The van der Waals surface area contributed by atoms with E-state index in [1.54, 1.807) is 24.3 Å². The quantitative estimate of drug-likeness (QED) is 0.900. The van der Waals surface area contributed by atoms with Gasteiger partial charge in [0, 0.05) is 37.0 Å². The van der Waals surface area contributed by atoms with Crippen molar-refractivity contribution < 1.29 is 13.2 Å². The Morgan fingerprint density at radius 3 is 2.41 bits per heavy atom. The minimum absolute atomic E-state index is 0. The molecular weight excluding hydrogens is 324 g/mol. The number of nitrogens with zero attached hydrogens (tertiary/aromatic N) is 1. The fourth-order valence-electron chi connectivity index (χ4n) is 2.56. The monoisotopic (exact) mass is 346 g/mol. The molecule has 0 bridgehead atoms. The van der Waals surface area contributed by atoms with Gasteiger partial charge in [-0.15, -0.1) is 12.4 Å². The van der Waals surface area contributed by atoms with Gasteiger partial charge in [-0.2, -0.15) is 0 Å². The molecule has 22 heavy (non-hydrogen) atoms. The van der Waals surface area contributed by atoms with Crippen molar-refractivity contribution in [2.24, 2.45) is 0 Å². The Hall–Kier alpha value is -1.11. The molecule has 2 atom stereocenters. The Morgan fingerprint density at radius 2 is 1.86 bits per heavy atom. The average Bonchev–Trinajstić information content (AvgIpc) is 2.40. The van der Waals surface area contributed by atoms with E-state index in [0.717, 1.165) is 6.54 Å². The fraction of sp³-hybridized carbons (Fsp3) is 0.533. The van der Waals surface area contributed by atoms with E-state index in [4.69, 9.17) is 0 Å². The molecule has 1 aromatic rings. The zero-order chi connectivity index (χ0) is 15.6. The molecule has 0 aliphatic carbocycles. The summed E-state index contributed by atoms with van der Waals surface area (Å²) in [6, 6.07) is 7.26. The molecule has 1 fully saturated rings. The maximum absolute atomic E-state index is 12.5. The van der Waals surface area contributed by atoms with Crippen molar-refractivity contribution in [2.45, 2.75) is 31.7 Å². The molecule has 7 heteroatoms. The molecule has 1 N–H and O–H groups in total. The van der Waals surface area contributed by atoms with Gasteiger partial charge in [0.1, 0.15) is 0 Å². The molecule has 1 heterocycles. The van der Waals surface area contributed by atoms with Crippen LogP contribution in [0.5, 0.6) is 0 Å². The Kier molecular flexibility index (Phi) is 6.40. The molecular formula is C15H23ClN2O3S. The van der Waals surface area contributed by atoms with Gasteiger partial charge < -0.3 is 10.2 Å². The van der Waals surface area contributed by atoms with Crippen LogP contribution in [0.3, 0.4) is 0 Å². The number of carbonyl (C=O) groups excluding carboxylic acids is 1. The van der Waals surface area contributed by atoms with Crippen molar-refractivity contribution in [1.29, 1.82) is 0 Å². The van der Waals surface area contributed by atoms with Gasteiger partial charge in [-0.1, -0.05) is 12.1 Å². The molecule has 5 nitrogen and oxygen atoms in total. The molecule has 0 spiro atoms. The van der Waals surface area contributed by atoms with Gasteiger partial charge >= 0.3 is 0 Å². The smallest absolute Gasteiger partial charge is 0.254 e. The normalized spacial score (nSPS) is 22.0. The predicted molar refractivity (Wildman–Crippen MR) is 90.2 cm³/mol. The van der Waals surface area contributed by atoms with Gasteiger partial charge in [-0.05, 0) is 31.5 Å². The molecule has 2 rings (SSSR count). The van der Waals surface area contributed by atoms with Crippen LogP contribution in [0.4, 0.5) is 0 Å². The number of sulfone groups is 1. The lowest BCUT2D eigenvalue weighted by Crippen LogP contribution is -2.57.